The Morgan fingerprint density at radius 2 is 2.16 bits per heavy atom. The number of ether oxygens (including phenoxy) is 1. The number of hydrogen-bond acceptors (Lipinski definition) is 3. The molecule has 0 aliphatic rings. The van der Waals surface area contributed by atoms with Gasteiger partial charge in [-0.25, -0.2) is 4.39 Å². The quantitative estimate of drug-likeness (QED) is 0.810. The van der Waals surface area contributed by atoms with Crippen molar-refractivity contribution in [2.45, 2.75) is 33.4 Å². The van der Waals surface area contributed by atoms with E-state index in [1.54, 1.807) is 17.4 Å². The van der Waals surface area contributed by atoms with Crippen LogP contribution in [0, 0.1) is 11.7 Å². The van der Waals surface area contributed by atoms with Crippen LogP contribution in [-0.4, -0.2) is 6.61 Å². The van der Waals surface area contributed by atoms with Crippen molar-refractivity contribution in [2.75, 3.05) is 6.61 Å². The zero-order chi connectivity index (χ0) is 13.8. The van der Waals surface area contributed by atoms with Gasteiger partial charge in [0.05, 0.1) is 6.61 Å². The summed E-state index contributed by atoms with van der Waals surface area (Å²) in [6.07, 6.45) is 1.02. The summed E-state index contributed by atoms with van der Waals surface area (Å²) in [4.78, 5) is 1.02. The second kappa shape index (κ2) is 6.46. The lowest BCUT2D eigenvalue weighted by molar-refractivity contribution is 0.111. The van der Waals surface area contributed by atoms with Crippen LogP contribution in [0.15, 0.2) is 18.2 Å². The first kappa shape index (κ1) is 14.4. The standard InChI is InChI=1S/C15H20FNOS/c1-10(2)6-7-18-9-11-14(8-17)19-13-5-3-4-12(16)15(11)13/h3-5,10H,6-9,17H2,1-2H3. The van der Waals surface area contributed by atoms with Crippen LogP contribution in [-0.2, 0) is 17.9 Å². The van der Waals surface area contributed by atoms with Crippen LogP contribution in [0.1, 0.15) is 30.7 Å². The molecule has 2 N–H and O–H groups in total. The van der Waals surface area contributed by atoms with E-state index in [0.717, 1.165) is 21.6 Å². The maximum absolute atomic E-state index is 13.9. The predicted molar refractivity (Wildman–Crippen MR) is 78.8 cm³/mol. The van der Waals surface area contributed by atoms with Crippen LogP contribution in [0.4, 0.5) is 4.39 Å². The number of nitrogens with two attached hydrogens (primary N) is 1. The highest BCUT2D eigenvalue weighted by Crippen LogP contribution is 2.33. The molecule has 104 valence electrons. The minimum atomic E-state index is -0.184. The first-order valence-electron chi connectivity index (χ1n) is 6.60. The van der Waals surface area contributed by atoms with E-state index < -0.39 is 0 Å². The molecule has 1 aromatic carbocycles. The molecular weight excluding hydrogens is 261 g/mol. The van der Waals surface area contributed by atoms with Crippen molar-refractivity contribution in [1.29, 1.82) is 0 Å². The molecule has 2 aromatic rings. The predicted octanol–water partition coefficient (Wildman–Crippen LogP) is 4.06. The van der Waals surface area contributed by atoms with Gasteiger partial charge in [0.25, 0.3) is 0 Å². The molecule has 2 nitrogen and oxygen atoms in total. The fourth-order valence-electron chi connectivity index (χ4n) is 2.03. The lowest BCUT2D eigenvalue weighted by Gasteiger charge is -2.07. The number of benzene rings is 1. The summed E-state index contributed by atoms with van der Waals surface area (Å²) in [6, 6.07) is 5.16. The van der Waals surface area contributed by atoms with Crippen LogP contribution in [0.5, 0.6) is 0 Å². The Labute approximate surface area is 117 Å². The molecule has 0 bridgehead atoms. The smallest absolute Gasteiger partial charge is 0.132 e. The van der Waals surface area contributed by atoms with Crippen molar-refractivity contribution >= 4 is 21.4 Å². The average molecular weight is 281 g/mol. The Kier molecular flexibility index (Phi) is 4.91. The molecule has 0 spiro atoms. The van der Waals surface area contributed by atoms with Crippen molar-refractivity contribution in [3.63, 3.8) is 0 Å². The van der Waals surface area contributed by atoms with Gasteiger partial charge in [-0.05, 0) is 24.5 Å². The molecule has 0 fully saturated rings. The average Bonchev–Trinajstić information content (AvgIpc) is 2.74. The van der Waals surface area contributed by atoms with Crippen molar-refractivity contribution in [3.8, 4) is 0 Å². The molecule has 19 heavy (non-hydrogen) atoms. The van der Waals surface area contributed by atoms with E-state index in [2.05, 4.69) is 13.8 Å². The molecule has 0 atom stereocenters. The van der Waals surface area contributed by atoms with Crippen LogP contribution in [0.3, 0.4) is 0 Å². The highest BCUT2D eigenvalue weighted by molar-refractivity contribution is 7.19. The number of rotatable bonds is 6. The minimum absolute atomic E-state index is 0.184. The van der Waals surface area contributed by atoms with E-state index in [0.29, 0.717) is 31.1 Å². The number of fused-ring (bicyclic) bond motifs is 1. The minimum Gasteiger partial charge on any atom is -0.377 e. The Bertz CT molecular complexity index is 550. The van der Waals surface area contributed by atoms with Gasteiger partial charge in [0.15, 0.2) is 0 Å². The molecule has 0 saturated heterocycles. The SMILES string of the molecule is CC(C)CCOCc1c(CN)sc2cccc(F)c12. The molecule has 0 aliphatic carbocycles. The Morgan fingerprint density at radius 1 is 1.37 bits per heavy atom. The maximum atomic E-state index is 13.9. The van der Waals surface area contributed by atoms with E-state index in [1.807, 2.05) is 6.07 Å². The summed E-state index contributed by atoms with van der Waals surface area (Å²) < 4.78 is 20.6. The fraction of sp³-hybridized carbons (Fsp3) is 0.467. The number of halogens is 1. The molecular formula is C15H20FNOS. The zero-order valence-corrected chi connectivity index (χ0v) is 12.2. The molecule has 0 radical (unpaired) electrons. The highest BCUT2D eigenvalue weighted by atomic mass is 32.1. The third kappa shape index (κ3) is 3.32. The lowest BCUT2D eigenvalue weighted by atomic mass is 10.1. The van der Waals surface area contributed by atoms with Gasteiger partial charge >= 0.3 is 0 Å². The van der Waals surface area contributed by atoms with Gasteiger partial charge in [0, 0.05) is 33.7 Å². The normalized spacial score (nSPS) is 11.6. The first-order chi connectivity index (χ1) is 9.13. The molecule has 0 amide bonds. The fourth-order valence-corrected chi connectivity index (χ4v) is 3.13. The van der Waals surface area contributed by atoms with Crippen LogP contribution >= 0.6 is 11.3 Å². The Balaban J connectivity index is 2.20. The second-order valence-electron chi connectivity index (χ2n) is 5.06. The lowest BCUT2D eigenvalue weighted by Crippen LogP contribution is -2.03. The molecule has 0 unspecified atom stereocenters. The van der Waals surface area contributed by atoms with E-state index in [1.165, 1.54) is 6.07 Å². The van der Waals surface area contributed by atoms with E-state index in [-0.39, 0.29) is 5.82 Å². The summed E-state index contributed by atoms with van der Waals surface area (Å²) in [6.45, 7) is 5.90. The van der Waals surface area contributed by atoms with Crippen molar-refractivity contribution < 1.29 is 9.13 Å². The second-order valence-corrected chi connectivity index (χ2v) is 6.19. The van der Waals surface area contributed by atoms with E-state index in [4.69, 9.17) is 10.5 Å². The maximum Gasteiger partial charge on any atom is 0.132 e. The van der Waals surface area contributed by atoms with Gasteiger partial charge in [0.2, 0.25) is 0 Å². The van der Waals surface area contributed by atoms with Crippen molar-refractivity contribution in [2.24, 2.45) is 11.7 Å². The molecule has 0 aliphatic heterocycles. The van der Waals surface area contributed by atoms with Gasteiger partial charge in [0.1, 0.15) is 5.82 Å². The van der Waals surface area contributed by atoms with Crippen LogP contribution in [0.25, 0.3) is 10.1 Å². The molecule has 1 heterocycles. The molecule has 2 rings (SSSR count). The summed E-state index contributed by atoms with van der Waals surface area (Å²) in [7, 11) is 0. The van der Waals surface area contributed by atoms with E-state index >= 15 is 0 Å². The van der Waals surface area contributed by atoms with Gasteiger partial charge in [-0.2, -0.15) is 0 Å². The third-order valence-corrected chi connectivity index (χ3v) is 4.34. The zero-order valence-electron chi connectivity index (χ0n) is 11.4. The van der Waals surface area contributed by atoms with Gasteiger partial charge < -0.3 is 10.5 Å². The monoisotopic (exact) mass is 281 g/mol. The summed E-state index contributed by atoms with van der Waals surface area (Å²) in [5.74, 6) is 0.431. The largest absolute Gasteiger partial charge is 0.377 e. The van der Waals surface area contributed by atoms with Crippen LogP contribution in [0.2, 0.25) is 0 Å². The van der Waals surface area contributed by atoms with E-state index in [9.17, 15) is 4.39 Å². The Hall–Kier alpha value is -0.970. The number of thiophene rings is 1. The van der Waals surface area contributed by atoms with Gasteiger partial charge in [-0.3, -0.25) is 0 Å². The van der Waals surface area contributed by atoms with Crippen molar-refractivity contribution in [1.82, 2.24) is 0 Å². The molecule has 1 aromatic heterocycles. The number of hydrogen-bond donors (Lipinski definition) is 1. The molecule has 4 heteroatoms. The summed E-state index contributed by atoms with van der Waals surface area (Å²) >= 11 is 1.56. The summed E-state index contributed by atoms with van der Waals surface area (Å²) in [5, 5.41) is 0.678. The first-order valence-corrected chi connectivity index (χ1v) is 7.41. The topological polar surface area (TPSA) is 35.2 Å². The molecule has 0 saturated carbocycles. The third-order valence-electron chi connectivity index (χ3n) is 3.12. The highest BCUT2D eigenvalue weighted by Gasteiger charge is 2.14. The Morgan fingerprint density at radius 3 is 2.84 bits per heavy atom. The van der Waals surface area contributed by atoms with Gasteiger partial charge in [-0.1, -0.05) is 19.9 Å². The summed E-state index contributed by atoms with van der Waals surface area (Å²) in [5.41, 5.74) is 6.67. The van der Waals surface area contributed by atoms with Gasteiger partial charge in [-0.15, -0.1) is 11.3 Å². The van der Waals surface area contributed by atoms with Crippen molar-refractivity contribution in [3.05, 3.63) is 34.5 Å². The van der Waals surface area contributed by atoms with Crippen LogP contribution < -0.4 is 5.73 Å².